The second-order valence-electron chi connectivity index (χ2n) is 4.82. The topological polar surface area (TPSA) is 99.3 Å². The molecule has 1 aliphatic heterocycles. The molecule has 1 saturated heterocycles. The molecular weight excluding hydrogens is 290 g/mol. The third-order valence-electron chi connectivity index (χ3n) is 3.09. The molecule has 0 saturated carbocycles. The van der Waals surface area contributed by atoms with Gasteiger partial charge in [-0.2, -0.15) is 4.31 Å². The van der Waals surface area contributed by atoms with Crippen molar-refractivity contribution in [1.29, 1.82) is 0 Å². The van der Waals surface area contributed by atoms with Gasteiger partial charge in [-0.3, -0.25) is 9.59 Å². The standard InChI is InChI=1S/C10H15N3O4S2/c1-6-7(18-9(15)12-6)19(16,17)13-5-4-11-8(14)10(13,2)3/h4-5H2,1-3H3,(H,11,14)(H,12,15). The fourth-order valence-electron chi connectivity index (χ4n) is 2.04. The van der Waals surface area contributed by atoms with Gasteiger partial charge >= 0.3 is 4.87 Å². The van der Waals surface area contributed by atoms with Crippen molar-refractivity contribution in [2.45, 2.75) is 30.5 Å². The molecule has 0 aromatic carbocycles. The Kier molecular flexibility index (Phi) is 3.31. The average molecular weight is 305 g/mol. The number of nitrogens with zero attached hydrogens (tertiary/aromatic N) is 1. The first-order valence-corrected chi connectivity index (χ1v) is 7.94. The van der Waals surface area contributed by atoms with E-state index in [1.54, 1.807) is 13.8 Å². The van der Waals surface area contributed by atoms with E-state index in [1.165, 1.54) is 6.92 Å². The van der Waals surface area contributed by atoms with E-state index in [9.17, 15) is 18.0 Å². The quantitative estimate of drug-likeness (QED) is 0.779. The highest BCUT2D eigenvalue weighted by Gasteiger charge is 2.45. The maximum absolute atomic E-state index is 12.6. The van der Waals surface area contributed by atoms with Gasteiger partial charge in [0.1, 0.15) is 5.54 Å². The maximum atomic E-state index is 12.6. The Morgan fingerprint density at radius 2 is 1.95 bits per heavy atom. The van der Waals surface area contributed by atoms with Crippen LogP contribution in [0.2, 0.25) is 0 Å². The van der Waals surface area contributed by atoms with Crippen molar-refractivity contribution in [2.75, 3.05) is 13.1 Å². The van der Waals surface area contributed by atoms with Gasteiger partial charge in [-0.25, -0.2) is 8.42 Å². The predicted octanol–water partition coefficient (Wildman–Crippen LogP) is -0.356. The van der Waals surface area contributed by atoms with E-state index >= 15 is 0 Å². The number of amides is 1. The number of aromatic amines is 1. The van der Waals surface area contributed by atoms with Crippen molar-refractivity contribution < 1.29 is 13.2 Å². The molecule has 1 amide bonds. The van der Waals surface area contributed by atoms with Crippen LogP contribution in [0.4, 0.5) is 0 Å². The van der Waals surface area contributed by atoms with Gasteiger partial charge in [-0.15, -0.1) is 0 Å². The van der Waals surface area contributed by atoms with Gasteiger partial charge in [-0.1, -0.05) is 11.3 Å². The summed E-state index contributed by atoms with van der Waals surface area (Å²) in [6.45, 7) is 5.07. The number of aromatic nitrogens is 1. The molecule has 1 aliphatic rings. The molecule has 1 aromatic heterocycles. The number of carbonyl (C=O) groups excluding carboxylic acids is 1. The summed E-state index contributed by atoms with van der Waals surface area (Å²) in [4.78, 5) is 25.1. The lowest BCUT2D eigenvalue weighted by Crippen LogP contribution is -2.63. The Hall–Kier alpha value is -1.19. The van der Waals surface area contributed by atoms with Crippen molar-refractivity contribution in [3.63, 3.8) is 0 Å². The van der Waals surface area contributed by atoms with Gasteiger partial charge in [0.05, 0.1) is 0 Å². The Labute approximate surface area is 114 Å². The zero-order valence-electron chi connectivity index (χ0n) is 10.8. The molecular formula is C10H15N3O4S2. The highest BCUT2D eigenvalue weighted by molar-refractivity contribution is 7.91. The molecule has 0 aliphatic carbocycles. The first kappa shape index (κ1) is 14.2. The molecule has 7 nitrogen and oxygen atoms in total. The molecule has 0 spiro atoms. The Morgan fingerprint density at radius 1 is 1.32 bits per heavy atom. The normalized spacial score (nSPS) is 20.3. The van der Waals surface area contributed by atoms with E-state index in [1.807, 2.05) is 0 Å². The Morgan fingerprint density at radius 3 is 2.47 bits per heavy atom. The van der Waals surface area contributed by atoms with Crippen LogP contribution in [0.1, 0.15) is 19.5 Å². The van der Waals surface area contributed by atoms with E-state index in [-0.39, 0.29) is 23.2 Å². The number of aryl methyl sites for hydroxylation is 1. The maximum Gasteiger partial charge on any atom is 0.305 e. The van der Waals surface area contributed by atoms with Gasteiger partial charge in [0, 0.05) is 18.8 Å². The molecule has 0 unspecified atom stereocenters. The van der Waals surface area contributed by atoms with Crippen LogP contribution in [-0.4, -0.2) is 42.2 Å². The molecule has 0 radical (unpaired) electrons. The number of rotatable bonds is 2. The van der Waals surface area contributed by atoms with Crippen LogP contribution in [0.15, 0.2) is 9.00 Å². The number of H-pyrrole nitrogens is 1. The number of hydrogen-bond donors (Lipinski definition) is 2. The number of piperazine rings is 1. The fourth-order valence-corrected chi connectivity index (χ4v) is 5.19. The molecule has 2 rings (SSSR count). The SMILES string of the molecule is Cc1[nH]c(=O)sc1S(=O)(=O)N1CCNC(=O)C1(C)C. The van der Waals surface area contributed by atoms with Crippen LogP contribution in [0.5, 0.6) is 0 Å². The second kappa shape index (κ2) is 4.43. The van der Waals surface area contributed by atoms with Crippen LogP contribution in [0.25, 0.3) is 0 Å². The van der Waals surface area contributed by atoms with Gasteiger partial charge in [0.2, 0.25) is 5.91 Å². The lowest BCUT2D eigenvalue weighted by atomic mass is 10.0. The smallest absolute Gasteiger partial charge is 0.305 e. The van der Waals surface area contributed by atoms with E-state index in [4.69, 9.17) is 0 Å². The summed E-state index contributed by atoms with van der Waals surface area (Å²) in [6, 6.07) is 0. The summed E-state index contributed by atoms with van der Waals surface area (Å²) < 4.78 is 26.3. The fraction of sp³-hybridized carbons (Fsp3) is 0.600. The van der Waals surface area contributed by atoms with E-state index in [2.05, 4.69) is 10.3 Å². The van der Waals surface area contributed by atoms with Gasteiger partial charge in [0.25, 0.3) is 10.0 Å². The number of thiazole rings is 1. The van der Waals surface area contributed by atoms with Gasteiger partial charge < -0.3 is 10.3 Å². The first-order chi connectivity index (χ1) is 8.67. The predicted molar refractivity (Wildman–Crippen MR) is 70.7 cm³/mol. The number of hydrogen-bond acceptors (Lipinski definition) is 5. The van der Waals surface area contributed by atoms with Gasteiger partial charge in [0.15, 0.2) is 4.21 Å². The highest BCUT2D eigenvalue weighted by Crippen LogP contribution is 2.29. The molecule has 19 heavy (non-hydrogen) atoms. The summed E-state index contributed by atoms with van der Waals surface area (Å²) in [5, 5.41) is 2.63. The van der Waals surface area contributed by atoms with Crippen molar-refractivity contribution in [3.05, 3.63) is 15.4 Å². The molecule has 1 fully saturated rings. The monoisotopic (exact) mass is 305 g/mol. The molecule has 2 N–H and O–H groups in total. The minimum absolute atomic E-state index is 0.0275. The molecule has 106 valence electrons. The molecule has 2 heterocycles. The van der Waals surface area contributed by atoms with E-state index in [0.717, 1.165) is 4.31 Å². The molecule has 1 aromatic rings. The largest absolute Gasteiger partial charge is 0.353 e. The third kappa shape index (κ3) is 2.21. The summed E-state index contributed by atoms with van der Waals surface area (Å²) in [5.74, 6) is -0.345. The molecule has 0 atom stereocenters. The third-order valence-corrected chi connectivity index (χ3v) is 6.74. The van der Waals surface area contributed by atoms with Crippen LogP contribution in [-0.2, 0) is 14.8 Å². The lowest BCUT2D eigenvalue weighted by Gasteiger charge is -2.39. The Balaban J connectivity index is 2.53. The van der Waals surface area contributed by atoms with Crippen molar-refractivity contribution in [1.82, 2.24) is 14.6 Å². The summed E-state index contributed by atoms with van der Waals surface area (Å²) in [7, 11) is -3.85. The first-order valence-electron chi connectivity index (χ1n) is 5.68. The van der Waals surface area contributed by atoms with E-state index < -0.39 is 20.4 Å². The molecule has 0 bridgehead atoms. The minimum atomic E-state index is -3.85. The highest BCUT2D eigenvalue weighted by atomic mass is 32.2. The zero-order valence-corrected chi connectivity index (χ0v) is 12.4. The zero-order chi connectivity index (χ0) is 14.4. The minimum Gasteiger partial charge on any atom is -0.353 e. The molecule has 9 heteroatoms. The van der Waals surface area contributed by atoms with Crippen molar-refractivity contribution >= 4 is 27.3 Å². The second-order valence-corrected chi connectivity index (χ2v) is 7.86. The van der Waals surface area contributed by atoms with Crippen LogP contribution >= 0.6 is 11.3 Å². The summed E-state index contributed by atoms with van der Waals surface area (Å²) in [6.07, 6.45) is 0. The number of sulfonamides is 1. The van der Waals surface area contributed by atoms with Crippen LogP contribution in [0, 0.1) is 6.92 Å². The van der Waals surface area contributed by atoms with Crippen LogP contribution in [0.3, 0.4) is 0 Å². The number of nitrogens with one attached hydrogen (secondary N) is 2. The number of carbonyl (C=O) groups is 1. The van der Waals surface area contributed by atoms with Gasteiger partial charge in [-0.05, 0) is 20.8 Å². The van der Waals surface area contributed by atoms with Crippen LogP contribution < -0.4 is 10.2 Å². The van der Waals surface area contributed by atoms with E-state index in [0.29, 0.717) is 17.0 Å². The average Bonchev–Trinajstić information content (AvgIpc) is 2.62. The Bertz CT molecular complexity index is 671. The lowest BCUT2D eigenvalue weighted by molar-refractivity contribution is -0.131. The summed E-state index contributed by atoms with van der Waals surface area (Å²) in [5.41, 5.74) is -0.868. The van der Waals surface area contributed by atoms with Crippen molar-refractivity contribution in [3.8, 4) is 0 Å². The van der Waals surface area contributed by atoms with Crippen molar-refractivity contribution in [2.24, 2.45) is 0 Å². The summed E-state index contributed by atoms with van der Waals surface area (Å²) >= 11 is 0.644.